The Morgan fingerprint density at radius 3 is 2.59 bits per heavy atom. The van der Waals surface area contributed by atoms with Gasteiger partial charge in [-0.05, 0) is 35.7 Å². The number of hydrogen-bond acceptors (Lipinski definition) is 3. The molecular formula is C18H19NO3. The first-order valence-corrected chi connectivity index (χ1v) is 7.47. The number of benzene rings is 2. The molecule has 0 fully saturated rings. The molecular weight excluding hydrogens is 278 g/mol. The number of rotatable bonds is 4. The lowest BCUT2D eigenvalue weighted by molar-refractivity contribution is -0.116. The molecule has 1 unspecified atom stereocenters. The largest absolute Gasteiger partial charge is 0.486 e. The highest BCUT2D eigenvalue weighted by Crippen LogP contribution is 2.33. The fourth-order valence-electron chi connectivity index (χ4n) is 2.50. The van der Waals surface area contributed by atoms with E-state index in [1.807, 2.05) is 55.5 Å². The van der Waals surface area contributed by atoms with Crippen molar-refractivity contribution in [3.8, 4) is 11.5 Å². The van der Waals surface area contributed by atoms with E-state index in [0.717, 1.165) is 22.7 Å². The highest BCUT2D eigenvalue weighted by Gasteiger charge is 2.16. The Labute approximate surface area is 130 Å². The number of hydrogen-bond donors (Lipinski definition) is 1. The number of amides is 1. The van der Waals surface area contributed by atoms with Crippen LogP contribution in [0.2, 0.25) is 0 Å². The molecule has 0 aromatic heterocycles. The van der Waals surface area contributed by atoms with Gasteiger partial charge in [-0.1, -0.05) is 31.2 Å². The molecule has 0 aliphatic carbocycles. The summed E-state index contributed by atoms with van der Waals surface area (Å²) < 4.78 is 11.1. The minimum Gasteiger partial charge on any atom is -0.486 e. The van der Waals surface area contributed by atoms with E-state index in [4.69, 9.17) is 9.47 Å². The maximum absolute atomic E-state index is 12.1. The van der Waals surface area contributed by atoms with Crippen molar-refractivity contribution in [2.24, 2.45) is 0 Å². The zero-order valence-electron chi connectivity index (χ0n) is 12.5. The molecule has 0 saturated heterocycles. The summed E-state index contributed by atoms with van der Waals surface area (Å²) in [5, 5.41) is 2.91. The highest BCUT2D eigenvalue weighted by molar-refractivity contribution is 5.91. The summed E-state index contributed by atoms with van der Waals surface area (Å²) in [6, 6.07) is 15.4. The molecule has 2 aromatic rings. The van der Waals surface area contributed by atoms with Gasteiger partial charge in [-0.3, -0.25) is 4.79 Å². The van der Waals surface area contributed by atoms with Crippen LogP contribution in [0.1, 0.15) is 24.8 Å². The van der Waals surface area contributed by atoms with Gasteiger partial charge in [0.15, 0.2) is 11.5 Å². The fraction of sp³-hybridized carbons (Fsp3) is 0.278. The summed E-state index contributed by atoms with van der Waals surface area (Å²) in [6.45, 7) is 3.19. The molecule has 1 atom stereocenters. The van der Waals surface area contributed by atoms with Crippen LogP contribution in [0.25, 0.3) is 0 Å². The third-order valence-corrected chi connectivity index (χ3v) is 3.68. The summed E-state index contributed by atoms with van der Waals surface area (Å²) >= 11 is 0. The molecule has 1 heterocycles. The summed E-state index contributed by atoms with van der Waals surface area (Å²) in [5.41, 5.74) is 1.90. The van der Waals surface area contributed by atoms with Gasteiger partial charge >= 0.3 is 0 Å². The predicted octanol–water partition coefficient (Wildman–Crippen LogP) is 3.59. The Morgan fingerprint density at radius 2 is 1.82 bits per heavy atom. The van der Waals surface area contributed by atoms with Crippen LogP contribution in [0.15, 0.2) is 48.5 Å². The molecule has 1 N–H and O–H groups in total. The van der Waals surface area contributed by atoms with Gasteiger partial charge in [0.1, 0.15) is 13.2 Å². The van der Waals surface area contributed by atoms with Crippen LogP contribution >= 0.6 is 0 Å². The van der Waals surface area contributed by atoms with Crippen molar-refractivity contribution in [3.63, 3.8) is 0 Å². The number of para-hydroxylation sites is 1. The van der Waals surface area contributed by atoms with Gasteiger partial charge < -0.3 is 14.8 Å². The minimum atomic E-state index is 0.00795. The second kappa shape index (κ2) is 6.52. The van der Waals surface area contributed by atoms with Gasteiger partial charge in [0, 0.05) is 12.1 Å². The van der Waals surface area contributed by atoms with Gasteiger partial charge in [-0.15, -0.1) is 0 Å². The Balaban J connectivity index is 1.64. The van der Waals surface area contributed by atoms with E-state index in [0.29, 0.717) is 19.6 Å². The lowest BCUT2D eigenvalue weighted by Crippen LogP contribution is -2.16. The first-order chi connectivity index (χ1) is 10.7. The zero-order valence-corrected chi connectivity index (χ0v) is 12.5. The van der Waals surface area contributed by atoms with Crippen LogP contribution in [0.4, 0.5) is 5.69 Å². The smallest absolute Gasteiger partial charge is 0.224 e. The number of carbonyl (C=O) groups excluding carboxylic acids is 1. The molecule has 22 heavy (non-hydrogen) atoms. The molecule has 2 aromatic carbocycles. The SMILES string of the molecule is CC(CC(=O)Nc1ccccc1)c1ccc2c(c1)OCCO2. The first-order valence-electron chi connectivity index (χ1n) is 7.47. The third-order valence-electron chi connectivity index (χ3n) is 3.68. The Kier molecular flexibility index (Phi) is 4.28. The summed E-state index contributed by atoms with van der Waals surface area (Å²) in [5.74, 6) is 1.66. The topological polar surface area (TPSA) is 47.6 Å². The number of carbonyl (C=O) groups is 1. The molecule has 0 bridgehead atoms. The van der Waals surface area contributed by atoms with Crippen molar-refractivity contribution in [2.45, 2.75) is 19.3 Å². The maximum Gasteiger partial charge on any atom is 0.224 e. The van der Waals surface area contributed by atoms with E-state index in [1.54, 1.807) is 0 Å². The molecule has 1 aliphatic rings. The quantitative estimate of drug-likeness (QED) is 0.938. The van der Waals surface area contributed by atoms with Crippen LogP contribution < -0.4 is 14.8 Å². The Morgan fingerprint density at radius 1 is 1.09 bits per heavy atom. The zero-order chi connectivity index (χ0) is 15.4. The first kappa shape index (κ1) is 14.4. The van der Waals surface area contributed by atoms with Crippen molar-refractivity contribution in [3.05, 3.63) is 54.1 Å². The second-order valence-electron chi connectivity index (χ2n) is 5.42. The van der Waals surface area contributed by atoms with Crippen molar-refractivity contribution in [1.29, 1.82) is 0 Å². The highest BCUT2D eigenvalue weighted by atomic mass is 16.6. The van der Waals surface area contributed by atoms with Gasteiger partial charge in [0.2, 0.25) is 5.91 Å². The minimum absolute atomic E-state index is 0.00795. The average molecular weight is 297 g/mol. The second-order valence-corrected chi connectivity index (χ2v) is 5.42. The Hall–Kier alpha value is -2.49. The number of anilines is 1. The van der Waals surface area contributed by atoms with Gasteiger partial charge in [0.25, 0.3) is 0 Å². The van der Waals surface area contributed by atoms with Crippen LogP contribution in [-0.2, 0) is 4.79 Å². The van der Waals surface area contributed by atoms with Gasteiger partial charge in [0.05, 0.1) is 0 Å². The fourth-order valence-corrected chi connectivity index (χ4v) is 2.50. The number of ether oxygens (including phenoxy) is 2. The average Bonchev–Trinajstić information content (AvgIpc) is 2.55. The molecule has 4 heteroatoms. The maximum atomic E-state index is 12.1. The molecule has 0 saturated carbocycles. The lowest BCUT2D eigenvalue weighted by Gasteiger charge is -2.20. The summed E-state index contributed by atoms with van der Waals surface area (Å²) in [6.07, 6.45) is 0.425. The van der Waals surface area contributed by atoms with Crippen molar-refractivity contribution < 1.29 is 14.3 Å². The monoisotopic (exact) mass is 297 g/mol. The van der Waals surface area contributed by atoms with E-state index in [1.165, 1.54) is 0 Å². The van der Waals surface area contributed by atoms with Crippen molar-refractivity contribution >= 4 is 11.6 Å². The molecule has 0 spiro atoms. The van der Waals surface area contributed by atoms with Crippen molar-refractivity contribution in [1.82, 2.24) is 0 Å². The summed E-state index contributed by atoms with van der Waals surface area (Å²) in [7, 11) is 0. The molecule has 114 valence electrons. The van der Waals surface area contributed by atoms with E-state index in [2.05, 4.69) is 5.32 Å². The normalized spacial score (nSPS) is 14.2. The molecule has 1 aliphatic heterocycles. The van der Waals surface area contributed by atoms with E-state index < -0.39 is 0 Å². The van der Waals surface area contributed by atoms with E-state index >= 15 is 0 Å². The van der Waals surface area contributed by atoms with Crippen LogP contribution in [0, 0.1) is 0 Å². The molecule has 0 radical (unpaired) electrons. The summed E-state index contributed by atoms with van der Waals surface area (Å²) in [4.78, 5) is 12.1. The molecule has 4 nitrogen and oxygen atoms in total. The standard InChI is InChI=1S/C18H19NO3/c1-13(11-18(20)19-15-5-3-2-4-6-15)14-7-8-16-17(12-14)22-10-9-21-16/h2-8,12-13H,9-11H2,1H3,(H,19,20). The van der Waals surface area contributed by atoms with E-state index in [-0.39, 0.29) is 11.8 Å². The van der Waals surface area contributed by atoms with Crippen molar-refractivity contribution in [2.75, 3.05) is 18.5 Å². The van der Waals surface area contributed by atoms with E-state index in [9.17, 15) is 4.79 Å². The van der Waals surface area contributed by atoms with Gasteiger partial charge in [-0.2, -0.15) is 0 Å². The molecule has 3 rings (SSSR count). The van der Waals surface area contributed by atoms with Gasteiger partial charge in [-0.25, -0.2) is 0 Å². The third kappa shape index (κ3) is 3.39. The lowest BCUT2D eigenvalue weighted by atomic mass is 9.97. The van der Waals surface area contributed by atoms with Crippen LogP contribution in [0.5, 0.6) is 11.5 Å². The number of nitrogens with one attached hydrogen (secondary N) is 1. The van der Waals surface area contributed by atoms with Crippen LogP contribution in [-0.4, -0.2) is 19.1 Å². The Bertz CT molecular complexity index is 655. The molecule has 1 amide bonds. The van der Waals surface area contributed by atoms with Crippen LogP contribution in [0.3, 0.4) is 0 Å². The predicted molar refractivity (Wildman–Crippen MR) is 85.5 cm³/mol. The number of fused-ring (bicyclic) bond motifs is 1.